The largest absolute Gasteiger partial charge is 1.00 e. The van der Waals surface area contributed by atoms with Crippen molar-refractivity contribution in [2.24, 2.45) is 5.92 Å². The molecule has 0 saturated heterocycles. The second-order valence-corrected chi connectivity index (χ2v) is 4.07. The number of hydrogen-bond acceptors (Lipinski definition) is 4. The fourth-order valence-corrected chi connectivity index (χ4v) is 1.65. The maximum absolute atomic E-state index is 11.0. The predicted octanol–water partition coefficient (Wildman–Crippen LogP) is -2.55. The standard InChI is InChI=1S/C11H13N3O2.Li/c1-7(2)6-14-9-8(4-3-5-12-9)13-10(14)11(15)16;/h3-5,7H,6H2,1-2H3,(H,15,16);/q;+1/p-1. The van der Waals surface area contributed by atoms with Gasteiger partial charge in [-0.2, -0.15) is 0 Å². The van der Waals surface area contributed by atoms with E-state index in [9.17, 15) is 9.90 Å². The molecular weight excluding hydrogens is 213 g/mol. The van der Waals surface area contributed by atoms with E-state index in [1.54, 1.807) is 22.9 Å². The first-order valence-electron chi connectivity index (χ1n) is 5.12. The van der Waals surface area contributed by atoms with Gasteiger partial charge in [0.25, 0.3) is 0 Å². The van der Waals surface area contributed by atoms with Crippen LogP contribution in [-0.4, -0.2) is 20.5 Å². The van der Waals surface area contributed by atoms with Crippen LogP contribution in [0.2, 0.25) is 0 Å². The molecule has 0 atom stereocenters. The minimum Gasteiger partial charge on any atom is -0.542 e. The molecule has 0 amide bonds. The molecule has 0 aliphatic carbocycles. The number of aromatic nitrogens is 3. The van der Waals surface area contributed by atoms with Crippen molar-refractivity contribution in [3.05, 3.63) is 24.2 Å². The molecule has 2 aromatic heterocycles. The van der Waals surface area contributed by atoms with Crippen LogP contribution in [0.5, 0.6) is 0 Å². The third-order valence-electron chi connectivity index (χ3n) is 2.23. The average molecular weight is 225 g/mol. The van der Waals surface area contributed by atoms with Gasteiger partial charge >= 0.3 is 18.9 Å². The maximum Gasteiger partial charge on any atom is 1.00 e. The predicted molar refractivity (Wildman–Crippen MR) is 56.7 cm³/mol. The molecule has 0 fully saturated rings. The summed E-state index contributed by atoms with van der Waals surface area (Å²) in [6, 6.07) is 3.47. The van der Waals surface area contributed by atoms with Crippen LogP contribution < -0.4 is 24.0 Å². The summed E-state index contributed by atoms with van der Waals surface area (Å²) < 4.78 is 1.59. The zero-order valence-corrected chi connectivity index (χ0v) is 10.2. The van der Waals surface area contributed by atoms with E-state index >= 15 is 0 Å². The SMILES string of the molecule is CC(C)Cn1c(C(=O)[O-])nc2cccnc21.[Li+]. The Morgan fingerprint density at radius 3 is 2.82 bits per heavy atom. The molecule has 17 heavy (non-hydrogen) atoms. The average Bonchev–Trinajstić information content (AvgIpc) is 2.57. The summed E-state index contributed by atoms with van der Waals surface area (Å²) in [6.07, 6.45) is 1.62. The number of carboxylic acid groups (broad SMARTS) is 1. The zero-order chi connectivity index (χ0) is 11.7. The summed E-state index contributed by atoms with van der Waals surface area (Å²) in [6.45, 7) is 4.58. The number of carbonyl (C=O) groups is 1. The summed E-state index contributed by atoms with van der Waals surface area (Å²) in [4.78, 5) is 19.1. The molecule has 0 spiro atoms. The Bertz CT molecular complexity index is 536. The van der Waals surface area contributed by atoms with Crippen molar-refractivity contribution in [1.82, 2.24) is 14.5 Å². The van der Waals surface area contributed by atoms with Crippen LogP contribution in [0, 0.1) is 5.92 Å². The van der Waals surface area contributed by atoms with E-state index < -0.39 is 5.97 Å². The van der Waals surface area contributed by atoms with E-state index in [4.69, 9.17) is 0 Å². The molecule has 0 aromatic carbocycles. The molecule has 0 unspecified atom stereocenters. The van der Waals surface area contributed by atoms with Crippen molar-refractivity contribution in [1.29, 1.82) is 0 Å². The maximum atomic E-state index is 11.0. The van der Waals surface area contributed by atoms with E-state index in [1.165, 1.54) is 0 Å². The second-order valence-electron chi connectivity index (χ2n) is 4.07. The van der Waals surface area contributed by atoms with Gasteiger partial charge in [-0.1, -0.05) is 13.8 Å². The minimum absolute atomic E-state index is 0. The van der Waals surface area contributed by atoms with Crippen molar-refractivity contribution >= 4 is 17.1 Å². The number of imidazole rings is 1. The van der Waals surface area contributed by atoms with E-state index in [0.717, 1.165) is 0 Å². The van der Waals surface area contributed by atoms with Gasteiger partial charge in [-0.15, -0.1) is 0 Å². The first-order chi connectivity index (χ1) is 7.59. The van der Waals surface area contributed by atoms with E-state index in [0.29, 0.717) is 23.6 Å². The van der Waals surface area contributed by atoms with Crippen molar-refractivity contribution in [2.75, 3.05) is 0 Å². The molecule has 0 aliphatic rings. The second kappa shape index (κ2) is 5.35. The fourth-order valence-electron chi connectivity index (χ4n) is 1.65. The first kappa shape index (κ1) is 13.8. The molecule has 0 bridgehead atoms. The molecule has 84 valence electrons. The van der Waals surface area contributed by atoms with E-state index in [2.05, 4.69) is 9.97 Å². The van der Waals surface area contributed by atoms with Gasteiger partial charge in [-0.05, 0) is 18.1 Å². The Labute approximate surface area is 111 Å². The van der Waals surface area contributed by atoms with Crippen LogP contribution in [0.25, 0.3) is 11.2 Å². The molecule has 0 saturated carbocycles. The number of hydrogen-bond donors (Lipinski definition) is 0. The Balaban J connectivity index is 0.00000144. The van der Waals surface area contributed by atoms with Crippen molar-refractivity contribution in [2.45, 2.75) is 20.4 Å². The molecule has 2 heterocycles. The monoisotopic (exact) mass is 225 g/mol. The van der Waals surface area contributed by atoms with Gasteiger partial charge in [0.05, 0.1) is 0 Å². The van der Waals surface area contributed by atoms with Gasteiger partial charge in [0, 0.05) is 12.7 Å². The molecule has 5 nitrogen and oxygen atoms in total. The van der Waals surface area contributed by atoms with Crippen LogP contribution in [0.4, 0.5) is 0 Å². The van der Waals surface area contributed by atoms with Gasteiger partial charge in [0.1, 0.15) is 11.5 Å². The quantitative estimate of drug-likeness (QED) is 0.539. The topological polar surface area (TPSA) is 70.8 Å². The van der Waals surface area contributed by atoms with Gasteiger partial charge in [0.15, 0.2) is 11.5 Å². The first-order valence-corrected chi connectivity index (χ1v) is 5.12. The van der Waals surface area contributed by atoms with Gasteiger partial charge in [-0.3, -0.25) is 0 Å². The Morgan fingerprint density at radius 2 is 2.24 bits per heavy atom. The molecule has 0 aliphatic heterocycles. The Hall–Kier alpha value is -1.31. The summed E-state index contributed by atoms with van der Waals surface area (Å²) in [5.41, 5.74) is 1.18. The molecular formula is C11H12LiN3O2. The van der Waals surface area contributed by atoms with Crippen LogP contribution in [-0.2, 0) is 6.54 Å². The normalized spacial score (nSPS) is 10.5. The number of fused-ring (bicyclic) bond motifs is 1. The van der Waals surface area contributed by atoms with Crippen molar-refractivity contribution < 1.29 is 28.8 Å². The van der Waals surface area contributed by atoms with Crippen LogP contribution in [0.15, 0.2) is 18.3 Å². The number of nitrogens with zero attached hydrogens (tertiary/aromatic N) is 3. The fraction of sp³-hybridized carbons (Fsp3) is 0.364. The van der Waals surface area contributed by atoms with Crippen molar-refractivity contribution in [3.63, 3.8) is 0 Å². The Kier molecular flexibility index (Phi) is 4.32. The molecule has 0 N–H and O–H groups in total. The summed E-state index contributed by atoms with van der Waals surface area (Å²) in [5.74, 6) is -1.00. The number of carbonyl (C=O) groups excluding carboxylic acids is 1. The molecule has 0 radical (unpaired) electrons. The molecule has 2 rings (SSSR count). The Morgan fingerprint density at radius 1 is 1.53 bits per heavy atom. The van der Waals surface area contributed by atoms with Crippen molar-refractivity contribution in [3.8, 4) is 0 Å². The molecule has 2 aromatic rings. The van der Waals surface area contributed by atoms with Gasteiger partial charge in [0.2, 0.25) is 0 Å². The number of aromatic carboxylic acids is 1. The minimum atomic E-state index is -1.27. The van der Waals surface area contributed by atoms with Gasteiger partial charge in [-0.25, -0.2) is 9.97 Å². The summed E-state index contributed by atoms with van der Waals surface area (Å²) in [5, 5.41) is 11.0. The van der Waals surface area contributed by atoms with Crippen LogP contribution in [0.3, 0.4) is 0 Å². The van der Waals surface area contributed by atoms with Crippen LogP contribution >= 0.6 is 0 Å². The third-order valence-corrected chi connectivity index (χ3v) is 2.23. The molecule has 6 heteroatoms. The number of carboxylic acids is 1. The van der Waals surface area contributed by atoms with Crippen LogP contribution in [0.1, 0.15) is 24.5 Å². The summed E-state index contributed by atoms with van der Waals surface area (Å²) >= 11 is 0. The van der Waals surface area contributed by atoms with E-state index in [-0.39, 0.29) is 24.7 Å². The zero-order valence-electron chi connectivity index (χ0n) is 10.2. The number of rotatable bonds is 3. The number of pyridine rings is 1. The summed E-state index contributed by atoms with van der Waals surface area (Å²) in [7, 11) is 0. The third kappa shape index (κ3) is 2.68. The smallest absolute Gasteiger partial charge is 0.542 e. The van der Waals surface area contributed by atoms with Gasteiger partial charge < -0.3 is 14.5 Å². The van der Waals surface area contributed by atoms with E-state index in [1.807, 2.05) is 13.8 Å².